The summed E-state index contributed by atoms with van der Waals surface area (Å²) < 4.78 is 7.65. The van der Waals surface area contributed by atoms with Crippen molar-refractivity contribution >= 4 is 18.1 Å². The lowest BCUT2D eigenvalue weighted by Gasteiger charge is -2.22. The average Bonchev–Trinajstić information content (AvgIpc) is 2.97. The van der Waals surface area contributed by atoms with E-state index < -0.39 is 0 Å². The van der Waals surface area contributed by atoms with Crippen molar-refractivity contribution in [3.8, 4) is 17.1 Å². The number of hydrogen-bond acceptors (Lipinski definition) is 4. The van der Waals surface area contributed by atoms with E-state index in [-0.39, 0.29) is 18.5 Å². The molecule has 0 unspecified atom stereocenters. The van der Waals surface area contributed by atoms with Crippen LogP contribution in [0.15, 0.2) is 24.3 Å². The number of nitrogens with one attached hydrogen (secondary N) is 2. The van der Waals surface area contributed by atoms with Crippen LogP contribution in [0.2, 0.25) is 0 Å². The molecule has 1 aliphatic rings. The second-order valence-electron chi connectivity index (χ2n) is 6.30. The Balaban J connectivity index is 1.72. The predicted octanol–water partition coefficient (Wildman–Crippen LogP) is 3.46. The molecule has 1 aliphatic carbocycles. The fourth-order valence-electron chi connectivity index (χ4n) is 3.22. The molecule has 1 aromatic heterocycles. The van der Waals surface area contributed by atoms with Crippen LogP contribution >= 0.6 is 12.2 Å². The molecule has 0 saturated heterocycles. The van der Waals surface area contributed by atoms with Crippen molar-refractivity contribution in [2.45, 2.75) is 51.6 Å². The second-order valence-corrected chi connectivity index (χ2v) is 6.69. The van der Waals surface area contributed by atoms with Crippen LogP contribution in [-0.4, -0.2) is 33.3 Å². The van der Waals surface area contributed by atoms with Crippen LogP contribution in [0.25, 0.3) is 11.4 Å². The highest BCUT2D eigenvalue weighted by Gasteiger charge is 2.18. The van der Waals surface area contributed by atoms with Gasteiger partial charge in [-0.2, -0.15) is 5.10 Å². The summed E-state index contributed by atoms with van der Waals surface area (Å²) in [5.74, 6) is 1.45. The predicted molar refractivity (Wildman–Crippen MR) is 99.0 cm³/mol. The minimum atomic E-state index is -0.0170. The molecule has 1 fully saturated rings. The maximum atomic E-state index is 12.4. The molecule has 25 heavy (non-hydrogen) atoms. The zero-order valence-corrected chi connectivity index (χ0v) is 15.3. The van der Waals surface area contributed by atoms with Gasteiger partial charge in [0.25, 0.3) is 0 Å². The van der Waals surface area contributed by atoms with Crippen molar-refractivity contribution in [2.75, 3.05) is 6.61 Å². The van der Waals surface area contributed by atoms with Gasteiger partial charge >= 0.3 is 0 Å². The van der Waals surface area contributed by atoms with Crippen LogP contribution in [-0.2, 0) is 11.3 Å². The van der Waals surface area contributed by atoms with Gasteiger partial charge in [-0.25, -0.2) is 0 Å². The number of ether oxygens (including phenoxy) is 1. The van der Waals surface area contributed by atoms with Gasteiger partial charge in [0, 0.05) is 11.6 Å². The van der Waals surface area contributed by atoms with Crippen LogP contribution in [0.1, 0.15) is 39.0 Å². The van der Waals surface area contributed by atoms with Crippen LogP contribution in [0.5, 0.6) is 5.75 Å². The molecule has 2 N–H and O–H groups in total. The summed E-state index contributed by atoms with van der Waals surface area (Å²) in [6, 6.07) is 7.92. The summed E-state index contributed by atoms with van der Waals surface area (Å²) in [5.41, 5.74) is 0.890. The van der Waals surface area contributed by atoms with E-state index in [0.717, 1.165) is 24.2 Å². The van der Waals surface area contributed by atoms with Crippen molar-refractivity contribution in [3.63, 3.8) is 0 Å². The normalized spacial score (nSPS) is 15.1. The van der Waals surface area contributed by atoms with Crippen LogP contribution < -0.4 is 10.1 Å². The van der Waals surface area contributed by atoms with E-state index in [1.807, 2.05) is 31.2 Å². The van der Waals surface area contributed by atoms with E-state index in [4.69, 9.17) is 17.0 Å². The molecule has 6 nitrogen and oxygen atoms in total. The van der Waals surface area contributed by atoms with Crippen molar-refractivity contribution < 1.29 is 9.53 Å². The monoisotopic (exact) mass is 360 g/mol. The molecule has 0 radical (unpaired) electrons. The Bertz CT molecular complexity index is 760. The Kier molecular flexibility index (Phi) is 5.86. The van der Waals surface area contributed by atoms with Gasteiger partial charge in [-0.1, -0.05) is 19.3 Å². The number of H-pyrrole nitrogens is 1. The van der Waals surface area contributed by atoms with Gasteiger partial charge in [-0.05, 0) is 56.2 Å². The Morgan fingerprint density at radius 3 is 2.72 bits per heavy atom. The zero-order chi connectivity index (χ0) is 17.6. The summed E-state index contributed by atoms with van der Waals surface area (Å²) in [7, 11) is 0. The van der Waals surface area contributed by atoms with E-state index in [0.29, 0.717) is 17.2 Å². The third kappa shape index (κ3) is 4.48. The topological polar surface area (TPSA) is 71.9 Å². The third-order valence-corrected chi connectivity index (χ3v) is 4.77. The van der Waals surface area contributed by atoms with Gasteiger partial charge in [-0.15, -0.1) is 0 Å². The van der Waals surface area contributed by atoms with E-state index in [9.17, 15) is 4.79 Å². The van der Waals surface area contributed by atoms with Gasteiger partial charge in [0.1, 0.15) is 12.3 Å². The number of aromatic amines is 1. The van der Waals surface area contributed by atoms with Gasteiger partial charge < -0.3 is 10.1 Å². The number of aromatic nitrogens is 3. The number of carbonyl (C=O) groups excluding carboxylic acids is 1. The summed E-state index contributed by atoms with van der Waals surface area (Å²) >= 11 is 5.30. The fourth-order valence-corrected chi connectivity index (χ4v) is 3.41. The number of rotatable bonds is 6. The lowest BCUT2D eigenvalue weighted by atomic mass is 9.95. The molecular weight excluding hydrogens is 336 g/mol. The highest BCUT2D eigenvalue weighted by Crippen LogP contribution is 2.21. The number of hydrogen-bond donors (Lipinski definition) is 2. The van der Waals surface area contributed by atoms with Crippen LogP contribution in [0.3, 0.4) is 0 Å². The first-order valence-corrected chi connectivity index (χ1v) is 9.26. The van der Waals surface area contributed by atoms with Crippen molar-refractivity contribution in [3.05, 3.63) is 29.0 Å². The first-order chi connectivity index (χ1) is 12.2. The molecule has 134 valence electrons. The van der Waals surface area contributed by atoms with Crippen molar-refractivity contribution in [1.29, 1.82) is 0 Å². The van der Waals surface area contributed by atoms with Gasteiger partial charge in [-0.3, -0.25) is 14.5 Å². The minimum absolute atomic E-state index is 0.0170. The summed E-state index contributed by atoms with van der Waals surface area (Å²) in [4.78, 5) is 12.4. The van der Waals surface area contributed by atoms with E-state index in [2.05, 4.69) is 15.5 Å². The quantitative estimate of drug-likeness (QED) is 0.774. The molecule has 1 heterocycles. The summed E-state index contributed by atoms with van der Waals surface area (Å²) in [6.07, 6.45) is 5.77. The smallest absolute Gasteiger partial charge is 0.240 e. The summed E-state index contributed by atoms with van der Waals surface area (Å²) in [5, 5.41) is 10.2. The fraction of sp³-hybridized carbons (Fsp3) is 0.500. The third-order valence-electron chi connectivity index (χ3n) is 4.45. The first-order valence-electron chi connectivity index (χ1n) is 8.85. The molecule has 0 atom stereocenters. The zero-order valence-electron chi connectivity index (χ0n) is 14.5. The largest absolute Gasteiger partial charge is 0.494 e. The molecule has 0 aliphatic heterocycles. The van der Waals surface area contributed by atoms with Crippen LogP contribution in [0.4, 0.5) is 0 Å². The SMILES string of the molecule is CCOc1ccc(-c2n[nH]c(=S)n2CC(=O)NC2CCCCC2)cc1. The molecule has 7 heteroatoms. The molecule has 2 aromatic rings. The highest BCUT2D eigenvalue weighted by molar-refractivity contribution is 7.71. The standard InChI is InChI=1S/C18H24N4O2S/c1-2-24-15-10-8-13(9-11-15)17-20-21-18(25)22(17)12-16(23)19-14-6-4-3-5-7-14/h8-11,14H,2-7,12H2,1H3,(H,19,23)(H,21,25). The Labute approximate surface area is 152 Å². The van der Waals surface area contributed by atoms with E-state index >= 15 is 0 Å². The molecule has 1 saturated carbocycles. The molecule has 1 aromatic carbocycles. The maximum absolute atomic E-state index is 12.4. The lowest BCUT2D eigenvalue weighted by Crippen LogP contribution is -2.38. The number of benzene rings is 1. The number of carbonyl (C=O) groups is 1. The van der Waals surface area contributed by atoms with Gasteiger partial charge in [0.15, 0.2) is 10.6 Å². The Morgan fingerprint density at radius 2 is 2.04 bits per heavy atom. The van der Waals surface area contributed by atoms with E-state index in [1.165, 1.54) is 19.3 Å². The van der Waals surface area contributed by atoms with Crippen molar-refractivity contribution in [2.24, 2.45) is 0 Å². The minimum Gasteiger partial charge on any atom is -0.494 e. The second kappa shape index (κ2) is 8.29. The van der Waals surface area contributed by atoms with Gasteiger partial charge in [0.2, 0.25) is 5.91 Å². The Hall–Kier alpha value is -2.15. The molecular formula is C18H24N4O2S. The Morgan fingerprint density at radius 1 is 1.32 bits per heavy atom. The number of nitrogens with zero attached hydrogens (tertiary/aromatic N) is 2. The van der Waals surface area contributed by atoms with Crippen LogP contribution in [0, 0.1) is 4.77 Å². The summed E-state index contributed by atoms with van der Waals surface area (Å²) in [6.45, 7) is 2.75. The van der Waals surface area contributed by atoms with Crippen molar-refractivity contribution in [1.82, 2.24) is 20.1 Å². The lowest BCUT2D eigenvalue weighted by molar-refractivity contribution is -0.122. The average molecular weight is 360 g/mol. The van der Waals surface area contributed by atoms with Gasteiger partial charge in [0.05, 0.1) is 6.61 Å². The number of amides is 1. The first kappa shape index (κ1) is 17.7. The van der Waals surface area contributed by atoms with E-state index in [1.54, 1.807) is 4.57 Å². The molecule has 0 spiro atoms. The maximum Gasteiger partial charge on any atom is 0.240 e. The highest BCUT2D eigenvalue weighted by atomic mass is 32.1. The molecule has 1 amide bonds. The molecule has 3 rings (SSSR count). The molecule has 0 bridgehead atoms.